The molecular weight excluding hydrogens is 360 g/mol. The second-order valence-corrected chi connectivity index (χ2v) is 6.67. The Bertz CT molecular complexity index is 762. The van der Waals surface area contributed by atoms with Crippen molar-refractivity contribution in [1.29, 1.82) is 0 Å². The molecule has 0 aromatic heterocycles. The zero-order valence-corrected chi connectivity index (χ0v) is 15.0. The van der Waals surface area contributed by atoms with Crippen LogP contribution in [0.3, 0.4) is 0 Å². The minimum Gasteiger partial charge on any atom is -0.322 e. The third-order valence-electron chi connectivity index (χ3n) is 4.46. The smallest absolute Gasteiger partial charge is 0.321 e. The van der Waals surface area contributed by atoms with Gasteiger partial charge in [0, 0.05) is 38.4 Å². The van der Waals surface area contributed by atoms with Gasteiger partial charge in [-0.1, -0.05) is 23.7 Å². The number of benzene rings is 2. The molecule has 0 radical (unpaired) electrons. The molecule has 0 atom stereocenters. The van der Waals surface area contributed by atoms with Crippen molar-refractivity contribution in [2.24, 2.45) is 0 Å². The molecule has 0 spiro atoms. The van der Waals surface area contributed by atoms with Crippen LogP contribution in [-0.2, 0) is 6.42 Å². The highest BCUT2D eigenvalue weighted by atomic mass is 35.5. The van der Waals surface area contributed by atoms with E-state index in [1.807, 2.05) is 0 Å². The predicted octanol–water partition coefficient (Wildman–Crippen LogP) is 4.01. The quantitative estimate of drug-likeness (QED) is 0.871. The van der Waals surface area contributed by atoms with Gasteiger partial charge < -0.3 is 10.2 Å². The Hall–Kier alpha value is -2.18. The summed E-state index contributed by atoms with van der Waals surface area (Å²) in [4.78, 5) is 16.3. The monoisotopic (exact) mass is 379 g/mol. The van der Waals surface area contributed by atoms with Crippen molar-refractivity contribution in [2.45, 2.75) is 6.42 Å². The first-order chi connectivity index (χ1) is 12.5. The fourth-order valence-electron chi connectivity index (χ4n) is 2.89. The lowest BCUT2D eigenvalue weighted by molar-refractivity contribution is 0.148. The molecule has 1 saturated heterocycles. The van der Waals surface area contributed by atoms with Crippen molar-refractivity contribution >= 4 is 23.3 Å². The molecule has 7 heteroatoms. The summed E-state index contributed by atoms with van der Waals surface area (Å²) in [6, 6.07) is 10.4. The van der Waals surface area contributed by atoms with Crippen molar-refractivity contribution in [3.05, 3.63) is 64.7 Å². The Labute approximate surface area is 156 Å². The molecule has 138 valence electrons. The number of nitrogens with one attached hydrogen (secondary N) is 1. The van der Waals surface area contributed by atoms with E-state index >= 15 is 0 Å². The van der Waals surface area contributed by atoms with Crippen LogP contribution in [0.15, 0.2) is 42.5 Å². The number of halogens is 3. The summed E-state index contributed by atoms with van der Waals surface area (Å²) in [7, 11) is 0. The second-order valence-electron chi connectivity index (χ2n) is 6.26. The van der Waals surface area contributed by atoms with Gasteiger partial charge in [-0.05, 0) is 42.3 Å². The third kappa shape index (κ3) is 4.93. The van der Waals surface area contributed by atoms with E-state index in [1.165, 1.54) is 30.3 Å². The molecule has 2 aromatic rings. The average molecular weight is 380 g/mol. The number of hydrogen-bond donors (Lipinski definition) is 1. The average Bonchev–Trinajstić information content (AvgIpc) is 2.65. The molecule has 2 amide bonds. The Kier molecular flexibility index (Phi) is 6.06. The number of amides is 2. The van der Waals surface area contributed by atoms with Crippen LogP contribution in [0, 0.1) is 11.6 Å². The summed E-state index contributed by atoms with van der Waals surface area (Å²) in [6.45, 7) is 3.65. The van der Waals surface area contributed by atoms with Gasteiger partial charge >= 0.3 is 6.03 Å². The van der Waals surface area contributed by atoms with Crippen LogP contribution in [0.25, 0.3) is 0 Å². The molecule has 4 nitrogen and oxygen atoms in total. The number of rotatable bonds is 4. The molecule has 26 heavy (non-hydrogen) atoms. The highest BCUT2D eigenvalue weighted by molar-refractivity contribution is 6.31. The summed E-state index contributed by atoms with van der Waals surface area (Å²) >= 11 is 5.73. The second kappa shape index (κ2) is 8.47. The number of anilines is 1. The van der Waals surface area contributed by atoms with Crippen LogP contribution in [0.4, 0.5) is 19.3 Å². The molecular formula is C19H20ClF2N3O. The van der Waals surface area contributed by atoms with Crippen LogP contribution < -0.4 is 5.32 Å². The van der Waals surface area contributed by atoms with Crippen LogP contribution in [0.5, 0.6) is 0 Å². The van der Waals surface area contributed by atoms with Crippen LogP contribution >= 0.6 is 11.6 Å². The number of carbonyl (C=O) groups excluding carboxylic acids is 1. The fraction of sp³-hybridized carbons (Fsp3) is 0.316. The van der Waals surface area contributed by atoms with Crippen molar-refractivity contribution in [1.82, 2.24) is 9.80 Å². The van der Waals surface area contributed by atoms with Crippen molar-refractivity contribution in [3.8, 4) is 0 Å². The van der Waals surface area contributed by atoms with E-state index in [0.29, 0.717) is 18.8 Å². The normalized spacial score (nSPS) is 15.1. The molecule has 1 N–H and O–H groups in total. The van der Waals surface area contributed by atoms with Gasteiger partial charge in [0.25, 0.3) is 0 Å². The lowest BCUT2D eigenvalue weighted by atomic mass is 10.1. The molecule has 2 aromatic carbocycles. The van der Waals surface area contributed by atoms with Crippen LogP contribution in [0.1, 0.15) is 5.56 Å². The van der Waals surface area contributed by atoms with Crippen molar-refractivity contribution < 1.29 is 13.6 Å². The van der Waals surface area contributed by atoms with Gasteiger partial charge in [-0.25, -0.2) is 13.6 Å². The molecule has 0 aliphatic carbocycles. The van der Waals surface area contributed by atoms with E-state index in [4.69, 9.17) is 11.6 Å². The first kappa shape index (κ1) is 18.6. The van der Waals surface area contributed by atoms with Gasteiger partial charge in [-0.15, -0.1) is 0 Å². The highest BCUT2D eigenvalue weighted by Gasteiger charge is 2.21. The molecule has 1 fully saturated rings. The Balaban J connectivity index is 1.44. The zero-order chi connectivity index (χ0) is 18.5. The summed E-state index contributed by atoms with van der Waals surface area (Å²) in [5, 5.41) is 2.72. The van der Waals surface area contributed by atoms with Gasteiger partial charge in [0.05, 0.1) is 5.02 Å². The van der Waals surface area contributed by atoms with E-state index in [-0.39, 0.29) is 16.9 Å². The molecule has 1 aliphatic rings. The van der Waals surface area contributed by atoms with E-state index in [9.17, 15) is 13.6 Å². The summed E-state index contributed by atoms with van der Waals surface area (Å²) in [6.07, 6.45) is 0.848. The number of carbonyl (C=O) groups is 1. The van der Waals surface area contributed by atoms with Crippen LogP contribution in [0.2, 0.25) is 5.02 Å². The molecule has 0 unspecified atom stereocenters. The first-order valence-corrected chi connectivity index (χ1v) is 8.87. The fourth-order valence-corrected chi connectivity index (χ4v) is 3.07. The van der Waals surface area contributed by atoms with E-state index in [2.05, 4.69) is 10.2 Å². The molecule has 0 bridgehead atoms. The summed E-state index contributed by atoms with van der Waals surface area (Å²) in [5.74, 6) is -0.741. The third-order valence-corrected chi connectivity index (χ3v) is 4.75. The standard InChI is InChI=1S/C19H20ClF2N3O/c20-17-13-16(5-6-18(17)22)23-19(26)25-11-9-24(10-12-25)8-7-14-1-3-15(21)4-2-14/h1-6,13H,7-12H2,(H,23,26). The van der Waals surface area contributed by atoms with E-state index in [1.54, 1.807) is 17.0 Å². The SMILES string of the molecule is O=C(Nc1ccc(F)c(Cl)c1)N1CCN(CCc2ccc(F)cc2)CC1. The maximum Gasteiger partial charge on any atom is 0.321 e. The van der Waals surface area contributed by atoms with Gasteiger partial charge in [0.15, 0.2) is 0 Å². The predicted molar refractivity (Wildman–Crippen MR) is 98.5 cm³/mol. The topological polar surface area (TPSA) is 35.6 Å². The number of urea groups is 1. The lowest BCUT2D eigenvalue weighted by Gasteiger charge is -2.34. The van der Waals surface area contributed by atoms with E-state index < -0.39 is 5.82 Å². The molecule has 1 aliphatic heterocycles. The number of hydrogen-bond acceptors (Lipinski definition) is 2. The Morgan fingerprint density at radius 2 is 1.73 bits per heavy atom. The van der Waals surface area contributed by atoms with Gasteiger partial charge in [0.1, 0.15) is 11.6 Å². The molecule has 0 saturated carbocycles. The highest BCUT2D eigenvalue weighted by Crippen LogP contribution is 2.19. The molecule has 3 rings (SSSR count). The summed E-state index contributed by atoms with van der Waals surface area (Å²) in [5.41, 5.74) is 1.57. The van der Waals surface area contributed by atoms with Gasteiger partial charge in [-0.3, -0.25) is 4.90 Å². The largest absolute Gasteiger partial charge is 0.322 e. The van der Waals surface area contributed by atoms with Crippen LogP contribution in [-0.4, -0.2) is 48.6 Å². The van der Waals surface area contributed by atoms with Crippen molar-refractivity contribution in [3.63, 3.8) is 0 Å². The maximum absolute atomic E-state index is 13.2. The minimum atomic E-state index is -0.514. The summed E-state index contributed by atoms with van der Waals surface area (Å²) < 4.78 is 26.1. The maximum atomic E-state index is 13.2. The van der Waals surface area contributed by atoms with Gasteiger partial charge in [-0.2, -0.15) is 0 Å². The van der Waals surface area contributed by atoms with Gasteiger partial charge in [0.2, 0.25) is 0 Å². The molecule has 1 heterocycles. The van der Waals surface area contributed by atoms with Crippen molar-refractivity contribution in [2.75, 3.05) is 38.0 Å². The number of piperazine rings is 1. The first-order valence-electron chi connectivity index (χ1n) is 8.49. The zero-order valence-electron chi connectivity index (χ0n) is 14.2. The Morgan fingerprint density at radius 3 is 2.38 bits per heavy atom. The number of nitrogens with zero attached hydrogens (tertiary/aromatic N) is 2. The van der Waals surface area contributed by atoms with E-state index in [0.717, 1.165) is 31.6 Å². The Morgan fingerprint density at radius 1 is 1.04 bits per heavy atom. The minimum absolute atomic E-state index is 0.0200. The lowest BCUT2D eigenvalue weighted by Crippen LogP contribution is -2.50.